The van der Waals surface area contributed by atoms with Crippen molar-refractivity contribution in [3.05, 3.63) is 34.3 Å². The lowest BCUT2D eigenvalue weighted by atomic mass is 10.3. The van der Waals surface area contributed by atoms with Gasteiger partial charge in [-0.1, -0.05) is 11.3 Å². The Morgan fingerprint density at radius 3 is 2.81 bits per heavy atom. The van der Waals surface area contributed by atoms with Gasteiger partial charge in [-0.3, -0.25) is 0 Å². The van der Waals surface area contributed by atoms with E-state index in [1.807, 2.05) is 17.5 Å². The van der Waals surface area contributed by atoms with Crippen molar-refractivity contribution in [1.82, 2.24) is 25.6 Å². The van der Waals surface area contributed by atoms with Crippen LogP contribution < -0.4 is 10.6 Å². The minimum absolute atomic E-state index is 0.115. The summed E-state index contributed by atoms with van der Waals surface area (Å²) in [4.78, 5) is 23.4. The van der Waals surface area contributed by atoms with Gasteiger partial charge in [-0.15, -0.1) is 16.4 Å². The van der Waals surface area contributed by atoms with Gasteiger partial charge in [0.15, 0.2) is 5.69 Å². The third-order valence-electron chi connectivity index (χ3n) is 2.62. The van der Waals surface area contributed by atoms with Gasteiger partial charge in [-0.05, 0) is 17.9 Å². The van der Waals surface area contributed by atoms with Crippen LogP contribution in [0, 0.1) is 0 Å². The zero-order valence-corrected chi connectivity index (χ0v) is 12.0. The van der Waals surface area contributed by atoms with Crippen molar-refractivity contribution in [3.63, 3.8) is 0 Å². The minimum Gasteiger partial charge on any atom is -0.476 e. The fraction of sp³-hybridized carbons (Fsp3) is 0.333. The van der Waals surface area contributed by atoms with Crippen molar-refractivity contribution in [1.29, 1.82) is 0 Å². The van der Waals surface area contributed by atoms with Crippen LogP contribution in [0.1, 0.15) is 15.4 Å². The number of aromatic carboxylic acids is 1. The van der Waals surface area contributed by atoms with Crippen LogP contribution >= 0.6 is 11.3 Å². The molecule has 0 atom stereocenters. The summed E-state index contributed by atoms with van der Waals surface area (Å²) in [6.07, 6.45) is 2.12. The number of carboxylic acid groups (broad SMARTS) is 1. The van der Waals surface area contributed by atoms with Crippen LogP contribution in [0.5, 0.6) is 0 Å². The van der Waals surface area contributed by atoms with Gasteiger partial charge in [0.25, 0.3) is 0 Å². The number of hydrogen-bond donors (Lipinski definition) is 3. The van der Waals surface area contributed by atoms with E-state index in [2.05, 4.69) is 20.9 Å². The Morgan fingerprint density at radius 2 is 2.14 bits per heavy atom. The van der Waals surface area contributed by atoms with Gasteiger partial charge in [0.2, 0.25) is 0 Å². The van der Waals surface area contributed by atoms with Crippen molar-refractivity contribution in [2.75, 3.05) is 13.1 Å². The first kappa shape index (κ1) is 15.0. The lowest BCUT2D eigenvalue weighted by molar-refractivity contribution is 0.0690. The summed E-state index contributed by atoms with van der Waals surface area (Å²) in [5, 5.41) is 23.2. The average molecular weight is 309 g/mol. The molecule has 112 valence electrons. The summed E-state index contributed by atoms with van der Waals surface area (Å²) in [5.41, 5.74) is -0.115. The minimum atomic E-state index is -1.12. The molecular formula is C12H15N5O3S. The van der Waals surface area contributed by atoms with Gasteiger partial charge >= 0.3 is 12.0 Å². The molecule has 2 amide bonds. The zero-order valence-electron chi connectivity index (χ0n) is 11.2. The molecule has 2 rings (SSSR count). The van der Waals surface area contributed by atoms with E-state index in [9.17, 15) is 9.59 Å². The SMILES string of the molecule is O=C(NCCc1cccs1)NCCn1cc(C(=O)O)nn1. The largest absolute Gasteiger partial charge is 0.476 e. The molecule has 0 aliphatic heterocycles. The van der Waals surface area contributed by atoms with Crippen molar-refractivity contribution < 1.29 is 14.7 Å². The monoisotopic (exact) mass is 309 g/mol. The number of aromatic nitrogens is 3. The van der Waals surface area contributed by atoms with E-state index in [4.69, 9.17) is 5.11 Å². The van der Waals surface area contributed by atoms with E-state index in [1.54, 1.807) is 11.3 Å². The summed E-state index contributed by atoms with van der Waals surface area (Å²) in [5.74, 6) is -1.12. The first-order valence-corrected chi connectivity index (χ1v) is 7.20. The van der Waals surface area contributed by atoms with Crippen LogP contribution in [0.25, 0.3) is 0 Å². The number of nitrogens with one attached hydrogen (secondary N) is 2. The normalized spacial score (nSPS) is 10.3. The second-order valence-electron chi connectivity index (χ2n) is 4.18. The fourth-order valence-electron chi connectivity index (χ4n) is 1.61. The van der Waals surface area contributed by atoms with Crippen molar-refractivity contribution in [2.24, 2.45) is 0 Å². The molecule has 0 aliphatic carbocycles. The molecule has 21 heavy (non-hydrogen) atoms. The fourth-order valence-corrected chi connectivity index (χ4v) is 2.32. The van der Waals surface area contributed by atoms with E-state index in [1.165, 1.54) is 15.8 Å². The molecule has 2 aromatic rings. The quantitative estimate of drug-likeness (QED) is 0.693. The predicted octanol–water partition coefficient (Wildman–Crippen LogP) is 0.580. The smallest absolute Gasteiger partial charge is 0.358 e. The third-order valence-corrected chi connectivity index (χ3v) is 3.56. The maximum Gasteiger partial charge on any atom is 0.358 e. The number of carbonyl (C=O) groups excluding carboxylic acids is 1. The summed E-state index contributed by atoms with van der Waals surface area (Å²) in [7, 11) is 0. The second-order valence-corrected chi connectivity index (χ2v) is 5.22. The van der Waals surface area contributed by atoms with Crippen molar-refractivity contribution >= 4 is 23.3 Å². The summed E-state index contributed by atoms with van der Waals surface area (Å²) >= 11 is 1.66. The maximum atomic E-state index is 11.5. The highest BCUT2D eigenvalue weighted by Gasteiger charge is 2.08. The average Bonchev–Trinajstić information content (AvgIpc) is 3.09. The second kappa shape index (κ2) is 7.39. The Morgan fingerprint density at radius 1 is 1.33 bits per heavy atom. The topological polar surface area (TPSA) is 109 Å². The van der Waals surface area contributed by atoms with Gasteiger partial charge in [0.1, 0.15) is 0 Å². The molecule has 0 saturated carbocycles. The van der Waals surface area contributed by atoms with E-state index in [0.29, 0.717) is 19.6 Å². The molecule has 0 saturated heterocycles. The zero-order chi connectivity index (χ0) is 15.1. The number of carboxylic acids is 1. The number of hydrogen-bond acceptors (Lipinski definition) is 5. The summed E-state index contributed by atoms with van der Waals surface area (Å²) in [6, 6.07) is 3.74. The van der Waals surface area contributed by atoms with Crippen LogP contribution in [-0.2, 0) is 13.0 Å². The van der Waals surface area contributed by atoms with Gasteiger partial charge < -0.3 is 15.7 Å². The molecule has 0 aromatic carbocycles. The molecule has 0 radical (unpaired) electrons. The van der Waals surface area contributed by atoms with Crippen LogP contribution in [0.2, 0.25) is 0 Å². The van der Waals surface area contributed by atoms with Gasteiger partial charge in [0.05, 0.1) is 12.7 Å². The molecular weight excluding hydrogens is 294 g/mol. The Balaban J connectivity index is 1.61. The van der Waals surface area contributed by atoms with E-state index in [0.717, 1.165) is 6.42 Å². The standard InChI is InChI=1S/C12H15N5O3S/c18-11(19)10-8-17(16-15-10)6-5-14-12(20)13-4-3-9-2-1-7-21-9/h1-2,7-8H,3-6H2,(H,18,19)(H2,13,14,20). The molecule has 9 heteroatoms. The number of carbonyl (C=O) groups is 2. The third kappa shape index (κ3) is 4.88. The number of urea groups is 1. The van der Waals surface area contributed by atoms with Crippen LogP contribution in [0.15, 0.2) is 23.7 Å². The lowest BCUT2D eigenvalue weighted by Crippen LogP contribution is -2.38. The van der Waals surface area contributed by atoms with Gasteiger partial charge in [0, 0.05) is 18.0 Å². The maximum absolute atomic E-state index is 11.5. The first-order chi connectivity index (χ1) is 10.1. The van der Waals surface area contributed by atoms with Crippen LogP contribution in [0.3, 0.4) is 0 Å². The number of nitrogens with zero attached hydrogens (tertiary/aromatic N) is 3. The highest BCUT2D eigenvalue weighted by Crippen LogP contribution is 2.07. The Bertz CT molecular complexity index is 596. The lowest BCUT2D eigenvalue weighted by Gasteiger charge is -2.06. The Labute approximate surface area is 124 Å². The molecule has 8 nitrogen and oxygen atoms in total. The molecule has 3 N–H and O–H groups in total. The van der Waals surface area contributed by atoms with E-state index >= 15 is 0 Å². The first-order valence-electron chi connectivity index (χ1n) is 6.32. The number of thiophene rings is 1. The van der Waals surface area contributed by atoms with Gasteiger partial charge in [-0.2, -0.15) is 0 Å². The molecule has 2 heterocycles. The molecule has 2 aromatic heterocycles. The number of rotatable bonds is 7. The Hall–Kier alpha value is -2.42. The summed E-state index contributed by atoms with van der Waals surface area (Å²) in [6.45, 7) is 1.27. The van der Waals surface area contributed by atoms with E-state index in [-0.39, 0.29) is 11.7 Å². The molecule has 0 bridgehead atoms. The molecule has 0 aliphatic rings. The molecule has 0 fully saturated rings. The molecule has 0 unspecified atom stereocenters. The Kier molecular flexibility index (Phi) is 5.27. The highest BCUT2D eigenvalue weighted by atomic mass is 32.1. The van der Waals surface area contributed by atoms with Gasteiger partial charge in [-0.25, -0.2) is 14.3 Å². The molecule has 0 spiro atoms. The van der Waals surface area contributed by atoms with Crippen molar-refractivity contribution in [3.8, 4) is 0 Å². The summed E-state index contributed by atoms with van der Waals surface area (Å²) < 4.78 is 1.37. The van der Waals surface area contributed by atoms with Crippen LogP contribution in [-0.4, -0.2) is 45.2 Å². The van der Waals surface area contributed by atoms with E-state index < -0.39 is 5.97 Å². The highest BCUT2D eigenvalue weighted by molar-refractivity contribution is 7.09. The van der Waals surface area contributed by atoms with Crippen LogP contribution in [0.4, 0.5) is 4.79 Å². The predicted molar refractivity (Wildman–Crippen MR) is 76.4 cm³/mol. The van der Waals surface area contributed by atoms with Crippen molar-refractivity contribution in [2.45, 2.75) is 13.0 Å². The number of amides is 2.